The van der Waals surface area contributed by atoms with Crippen molar-refractivity contribution in [1.29, 1.82) is 0 Å². The molecule has 226 valence electrons. The summed E-state index contributed by atoms with van der Waals surface area (Å²) in [6.07, 6.45) is 3.61. The Kier molecular flexibility index (Phi) is 7.30. The number of hydrogen-bond donors (Lipinski definition) is 2. The number of rotatable bonds is 5. The lowest BCUT2D eigenvalue weighted by Gasteiger charge is -2.40. The summed E-state index contributed by atoms with van der Waals surface area (Å²) in [6, 6.07) is 13.8. The zero-order valence-corrected chi connectivity index (χ0v) is 24.4. The molecular weight excluding hydrogens is 546 g/mol. The van der Waals surface area contributed by atoms with Gasteiger partial charge in [-0.05, 0) is 68.1 Å². The lowest BCUT2D eigenvalue weighted by Crippen LogP contribution is -2.54. The predicted molar refractivity (Wildman–Crippen MR) is 163 cm³/mol. The van der Waals surface area contributed by atoms with Crippen LogP contribution in [0.2, 0.25) is 0 Å². The normalized spacial score (nSPS) is 25.9. The van der Waals surface area contributed by atoms with Gasteiger partial charge in [0.2, 0.25) is 11.8 Å². The molecule has 5 aliphatic heterocycles. The fraction of sp³-hybridized carbons (Fsp3) is 0.500. The number of benzene rings is 2. The third-order valence-corrected chi connectivity index (χ3v) is 10.1. The molecule has 11 heteroatoms. The van der Waals surface area contributed by atoms with Gasteiger partial charge in [0.05, 0.1) is 11.1 Å². The number of carbonyl (C=O) groups excluding carboxylic acids is 4. The summed E-state index contributed by atoms with van der Waals surface area (Å²) in [4.78, 5) is 61.4. The molecule has 0 aliphatic carbocycles. The third kappa shape index (κ3) is 5.25. The zero-order valence-electron chi connectivity index (χ0n) is 24.4. The van der Waals surface area contributed by atoms with Gasteiger partial charge in [0.15, 0.2) is 0 Å². The molecule has 43 heavy (non-hydrogen) atoms. The molecule has 4 saturated heterocycles. The number of piperidine rings is 2. The van der Waals surface area contributed by atoms with Crippen LogP contribution in [0.25, 0.3) is 0 Å². The monoisotopic (exact) mass is 585 g/mol. The minimum absolute atomic E-state index is 0.114. The molecule has 0 bridgehead atoms. The zero-order chi connectivity index (χ0) is 29.7. The van der Waals surface area contributed by atoms with Crippen LogP contribution < -0.4 is 20.9 Å². The molecule has 2 aromatic rings. The molecule has 2 aromatic carbocycles. The van der Waals surface area contributed by atoms with Crippen molar-refractivity contribution in [3.8, 4) is 0 Å². The first kappa shape index (κ1) is 27.8. The van der Waals surface area contributed by atoms with Crippen molar-refractivity contribution < 1.29 is 19.2 Å². The smallest absolute Gasteiger partial charge is 0.262 e. The Morgan fingerprint density at radius 1 is 0.651 bits per heavy atom. The predicted octanol–water partition coefficient (Wildman–Crippen LogP) is 1.54. The largest absolute Gasteiger partial charge is 0.399 e. The van der Waals surface area contributed by atoms with E-state index in [4.69, 9.17) is 5.73 Å². The molecule has 4 amide bonds. The van der Waals surface area contributed by atoms with E-state index in [-0.39, 0.29) is 18.7 Å². The average molecular weight is 586 g/mol. The fourth-order valence-corrected chi connectivity index (χ4v) is 7.57. The number of nitrogen functional groups attached to an aromatic ring is 1. The number of nitrogens with two attached hydrogens (primary N) is 1. The van der Waals surface area contributed by atoms with Crippen molar-refractivity contribution >= 4 is 40.7 Å². The maximum Gasteiger partial charge on any atom is 0.262 e. The van der Waals surface area contributed by atoms with E-state index in [2.05, 4.69) is 37.0 Å². The highest BCUT2D eigenvalue weighted by atomic mass is 16.2. The Bertz CT molecular complexity index is 1430. The van der Waals surface area contributed by atoms with E-state index < -0.39 is 23.8 Å². The van der Waals surface area contributed by atoms with Crippen LogP contribution in [-0.4, -0.2) is 109 Å². The first-order valence-electron chi connectivity index (χ1n) is 15.5. The van der Waals surface area contributed by atoms with Gasteiger partial charge < -0.3 is 15.5 Å². The second-order valence-corrected chi connectivity index (χ2v) is 12.4. The third-order valence-electron chi connectivity index (χ3n) is 10.1. The van der Waals surface area contributed by atoms with E-state index in [1.54, 1.807) is 12.1 Å². The van der Waals surface area contributed by atoms with Crippen LogP contribution >= 0.6 is 0 Å². The molecule has 5 heterocycles. The summed E-state index contributed by atoms with van der Waals surface area (Å²) in [5.74, 6) is -1.88. The molecule has 4 fully saturated rings. The van der Waals surface area contributed by atoms with E-state index in [1.807, 2.05) is 18.2 Å². The van der Waals surface area contributed by atoms with Crippen molar-refractivity contribution in [1.82, 2.24) is 20.0 Å². The van der Waals surface area contributed by atoms with Gasteiger partial charge in [-0.25, -0.2) is 0 Å². The van der Waals surface area contributed by atoms with Gasteiger partial charge in [-0.1, -0.05) is 0 Å². The standard InChI is InChI=1S/C32H39N7O4/c33-21-1-3-22(4-2-21)36-15-17-37(18-16-36)25-11-14-38(20-25)23-9-12-35(13-10-23)24-5-6-26-27(19-24)32(43)39(31(26)42)28-7-8-29(40)34-30(28)41/h1-6,19,23,25,28H,7-18,20,33H2,(H,34,40,41). The van der Waals surface area contributed by atoms with Crippen LogP contribution in [-0.2, 0) is 9.59 Å². The maximum atomic E-state index is 13.3. The van der Waals surface area contributed by atoms with Gasteiger partial charge in [0.25, 0.3) is 11.8 Å². The average Bonchev–Trinajstić information content (AvgIpc) is 3.61. The molecule has 7 rings (SSSR count). The molecule has 11 nitrogen and oxygen atoms in total. The quantitative estimate of drug-likeness (QED) is 0.397. The Morgan fingerprint density at radius 2 is 1.30 bits per heavy atom. The number of carbonyl (C=O) groups is 4. The lowest BCUT2D eigenvalue weighted by atomic mass is 10.0. The number of likely N-dealkylation sites (tertiary alicyclic amines) is 1. The maximum absolute atomic E-state index is 13.3. The summed E-state index contributed by atoms with van der Waals surface area (Å²) >= 11 is 0. The van der Waals surface area contributed by atoms with Gasteiger partial charge in [-0.3, -0.25) is 39.2 Å². The van der Waals surface area contributed by atoms with Gasteiger partial charge in [-0.2, -0.15) is 0 Å². The molecule has 0 aromatic heterocycles. The lowest BCUT2D eigenvalue weighted by molar-refractivity contribution is -0.136. The summed E-state index contributed by atoms with van der Waals surface area (Å²) in [7, 11) is 0. The minimum Gasteiger partial charge on any atom is -0.399 e. The van der Waals surface area contributed by atoms with Crippen LogP contribution in [0.3, 0.4) is 0 Å². The van der Waals surface area contributed by atoms with Crippen LogP contribution in [0.4, 0.5) is 17.1 Å². The Hall–Kier alpha value is -3.96. The molecule has 2 atom stereocenters. The van der Waals surface area contributed by atoms with E-state index in [0.29, 0.717) is 23.2 Å². The SMILES string of the molecule is Nc1ccc(N2CCN(C3CCN(C4CCN(c5ccc6c(c5)C(=O)N(C5CCC(=O)NC5=O)C6=O)CC4)C3)CC2)cc1. The second-order valence-electron chi connectivity index (χ2n) is 12.4. The number of piperazine rings is 1. The summed E-state index contributed by atoms with van der Waals surface area (Å²) < 4.78 is 0. The number of nitrogens with zero attached hydrogens (tertiary/aromatic N) is 5. The summed E-state index contributed by atoms with van der Waals surface area (Å²) in [6.45, 7) is 8.30. The van der Waals surface area contributed by atoms with E-state index >= 15 is 0 Å². The number of amides is 4. The molecule has 0 saturated carbocycles. The number of imide groups is 2. The number of nitrogens with one attached hydrogen (secondary N) is 1. The topological polar surface area (TPSA) is 123 Å². The van der Waals surface area contributed by atoms with E-state index in [0.717, 1.165) is 81.5 Å². The Balaban J connectivity index is 0.920. The van der Waals surface area contributed by atoms with Crippen LogP contribution in [0, 0.1) is 0 Å². The molecule has 5 aliphatic rings. The van der Waals surface area contributed by atoms with Crippen molar-refractivity contribution in [2.75, 3.05) is 67.9 Å². The summed E-state index contributed by atoms with van der Waals surface area (Å²) in [5.41, 5.74) is 9.51. The molecular formula is C32H39N7O4. The highest BCUT2D eigenvalue weighted by molar-refractivity contribution is 6.23. The molecule has 0 spiro atoms. The van der Waals surface area contributed by atoms with Crippen LogP contribution in [0.1, 0.15) is 52.8 Å². The molecule has 2 unspecified atom stereocenters. The van der Waals surface area contributed by atoms with Crippen LogP contribution in [0.5, 0.6) is 0 Å². The van der Waals surface area contributed by atoms with Crippen molar-refractivity contribution in [3.05, 3.63) is 53.6 Å². The van der Waals surface area contributed by atoms with Crippen LogP contribution in [0.15, 0.2) is 42.5 Å². The summed E-state index contributed by atoms with van der Waals surface area (Å²) in [5, 5.41) is 2.25. The first-order chi connectivity index (χ1) is 20.9. The number of fused-ring (bicyclic) bond motifs is 1. The number of anilines is 3. The Morgan fingerprint density at radius 3 is 2.02 bits per heavy atom. The van der Waals surface area contributed by atoms with E-state index in [9.17, 15) is 19.2 Å². The van der Waals surface area contributed by atoms with Crippen molar-refractivity contribution in [3.63, 3.8) is 0 Å². The highest BCUT2D eigenvalue weighted by Gasteiger charge is 2.45. The van der Waals surface area contributed by atoms with Crippen molar-refractivity contribution in [2.45, 2.75) is 50.2 Å². The fourth-order valence-electron chi connectivity index (χ4n) is 7.57. The number of hydrogen-bond acceptors (Lipinski definition) is 9. The second kappa shape index (κ2) is 11.3. The van der Waals surface area contributed by atoms with Gasteiger partial charge >= 0.3 is 0 Å². The first-order valence-corrected chi connectivity index (χ1v) is 15.5. The molecule has 3 N–H and O–H groups in total. The van der Waals surface area contributed by atoms with Gasteiger partial charge in [0.1, 0.15) is 6.04 Å². The van der Waals surface area contributed by atoms with Gasteiger partial charge in [-0.15, -0.1) is 0 Å². The van der Waals surface area contributed by atoms with E-state index in [1.165, 1.54) is 12.1 Å². The molecule has 0 radical (unpaired) electrons. The van der Waals surface area contributed by atoms with Gasteiger partial charge in [0, 0.05) is 87.9 Å². The Labute approximate surface area is 251 Å². The van der Waals surface area contributed by atoms with Crippen molar-refractivity contribution in [2.24, 2.45) is 0 Å². The highest BCUT2D eigenvalue weighted by Crippen LogP contribution is 2.33. The minimum atomic E-state index is -0.943.